The van der Waals surface area contributed by atoms with Crippen LogP contribution in [0.3, 0.4) is 0 Å². The Bertz CT molecular complexity index is 954. The van der Waals surface area contributed by atoms with Gasteiger partial charge in [-0.2, -0.15) is 0 Å². The zero-order valence-corrected chi connectivity index (χ0v) is 17.9. The molecule has 1 atom stereocenters. The van der Waals surface area contributed by atoms with Crippen molar-refractivity contribution in [2.45, 2.75) is 47.0 Å². The van der Waals surface area contributed by atoms with Crippen LogP contribution in [0.15, 0.2) is 24.3 Å². The molecule has 7 heteroatoms. The number of carbonyl (C=O) groups excluding carboxylic acids is 2. The van der Waals surface area contributed by atoms with Gasteiger partial charge < -0.3 is 15.7 Å². The number of hydrogen-bond acceptors (Lipinski definition) is 4. The Kier molecular flexibility index (Phi) is 5.80. The zero-order valence-electron chi connectivity index (χ0n) is 17.1. The fraction of sp³-hybridized carbons (Fsp3) is 0.409. The Morgan fingerprint density at radius 2 is 1.76 bits per heavy atom. The van der Waals surface area contributed by atoms with Gasteiger partial charge in [0, 0.05) is 23.1 Å². The predicted molar refractivity (Wildman–Crippen MR) is 115 cm³/mol. The van der Waals surface area contributed by atoms with Crippen molar-refractivity contribution in [1.29, 1.82) is 0 Å². The lowest BCUT2D eigenvalue weighted by atomic mass is 9.72. The lowest BCUT2D eigenvalue weighted by molar-refractivity contribution is -0.114. The van der Waals surface area contributed by atoms with E-state index in [0.29, 0.717) is 22.2 Å². The largest absolute Gasteiger partial charge is 0.478 e. The number of thiophene rings is 1. The second kappa shape index (κ2) is 7.99. The molecule has 6 nitrogen and oxygen atoms in total. The lowest BCUT2D eigenvalue weighted by Crippen LogP contribution is -2.26. The maximum atomic E-state index is 12.7. The molecule has 0 radical (unpaired) electrons. The quantitative estimate of drug-likeness (QED) is 0.669. The molecule has 3 N–H and O–H groups in total. The van der Waals surface area contributed by atoms with E-state index in [4.69, 9.17) is 0 Å². The summed E-state index contributed by atoms with van der Waals surface area (Å²) >= 11 is 1.37. The van der Waals surface area contributed by atoms with Crippen molar-refractivity contribution < 1.29 is 19.5 Å². The van der Waals surface area contributed by atoms with E-state index >= 15 is 0 Å². The van der Waals surface area contributed by atoms with E-state index in [-0.39, 0.29) is 22.8 Å². The van der Waals surface area contributed by atoms with E-state index in [9.17, 15) is 19.5 Å². The summed E-state index contributed by atoms with van der Waals surface area (Å²) in [4.78, 5) is 36.8. The van der Waals surface area contributed by atoms with Crippen molar-refractivity contribution in [2.75, 3.05) is 10.6 Å². The van der Waals surface area contributed by atoms with Crippen molar-refractivity contribution in [2.24, 2.45) is 11.3 Å². The summed E-state index contributed by atoms with van der Waals surface area (Å²) in [6.07, 6.45) is 2.51. The van der Waals surface area contributed by atoms with Crippen LogP contribution in [0.5, 0.6) is 0 Å². The van der Waals surface area contributed by atoms with Gasteiger partial charge in [-0.25, -0.2) is 4.79 Å². The number of nitrogens with one attached hydrogen (secondary N) is 2. The molecule has 154 valence electrons. The van der Waals surface area contributed by atoms with Crippen LogP contribution in [0.2, 0.25) is 0 Å². The topological polar surface area (TPSA) is 95.5 Å². The number of carbonyl (C=O) groups is 3. The van der Waals surface area contributed by atoms with Crippen molar-refractivity contribution >= 4 is 39.8 Å². The van der Waals surface area contributed by atoms with Crippen molar-refractivity contribution in [3.63, 3.8) is 0 Å². The minimum atomic E-state index is -1.01. The summed E-state index contributed by atoms with van der Waals surface area (Å²) in [6, 6.07) is 6.48. The molecular weight excluding hydrogens is 388 g/mol. The number of benzene rings is 1. The van der Waals surface area contributed by atoms with Gasteiger partial charge >= 0.3 is 5.97 Å². The van der Waals surface area contributed by atoms with Crippen LogP contribution in [-0.4, -0.2) is 22.9 Å². The number of rotatable bonds is 4. The fourth-order valence-electron chi connectivity index (χ4n) is 3.72. The molecule has 1 unspecified atom stereocenters. The highest BCUT2D eigenvalue weighted by molar-refractivity contribution is 7.17. The summed E-state index contributed by atoms with van der Waals surface area (Å²) in [6.45, 7) is 8.04. The molecule has 3 rings (SSSR count). The highest BCUT2D eigenvalue weighted by atomic mass is 32.1. The number of anilines is 2. The second-order valence-electron chi connectivity index (χ2n) is 8.53. The van der Waals surface area contributed by atoms with E-state index in [2.05, 4.69) is 31.4 Å². The average molecular weight is 415 g/mol. The first-order valence-corrected chi connectivity index (χ1v) is 10.4. The van der Waals surface area contributed by atoms with Gasteiger partial charge in [-0.05, 0) is 60.4 Å². The fourth-order valence-corrected chi connectivity index (χ4v) is 5.04. The Labute approximate surface area is 174 Å². The zero-order chi connectivity index (χ0) is 21.3. The maximum Gasteiger partial charge on any atom is 0.339 e. The summed E-state index contributed by atoms with van der Waals surface area (Å²) in [5.74, 6) is -1.08. The Hall–Kier alpha value is -2.67. The molecule has 29 heavy (non-hydrogen) atoms. The van der Waals surface area contributed by atoms with Crippen molar-refractivity contribution in [1.82, 2.24) is 0 Å². The van der Waals surface area contributed by atoms with Crippen LogP contribution in [0.1, 0.15) is 65.3 Å². The number of fused-ring (bicyclic) bond motifs is 1. The van der Waals surface area contributed by atoms with Gasteiger partial charge in [0.25, 0.3) is 5.91 Å². The number of carboxylic acids is 1. The van der Waals surface area contributed by atoms with E-state index in [0.717, 1.165) is 29.7 Å². The minimum Gasteiger partial charge on any atom is -0.478 e. The normalized spacial score (nSPS) is 16.1. The Morgan fingerprint density at radius 1 is 1.10 bits per heavy atom. The van der Waals surface area contributed by atoms with Crippen LogP contribution in [0.25, 0.3) is 0 Å². The van der Waals surface area contributed by atoms with Gasteiger partial charge in [0.05, 0.1) is 5.56 Å². The molecule has 1 aromatic carbocycles. The number of amides is 2. The van der Waals surface area contributed by atoms with Gasteiger partial charge in [0.15, 0.2) is 0 Å². The molecule has 0 bridgehead atoms. The first-order chi connectivity index (χ1) is 13.6. The van der Waals surface area contributed by atoms with Crippen molar-refractivity contribution in [3.8, 4) is 0 Å². The van der Waals surface area contributed by atoms with Crippen LogP contribution in [0, 0.1) is 11.3 Å². The van der Waals surface area contributed by atoms with Gasteiger partial charge in [0.2, 0.25) is 5.91 Å². The molecular formula is C22H26N2O4S. The third-order valence-electron chi connectivity index (χ3n) is 5.40. The average Bonchev–Trinajstić information content (AvgIpc) is 2.98. The smallest absolute Gasteiger partial charge is 0.339 e. The predicted octanol–water partition coefficient (Wildman–Crippen LogP) is 4.81. The lowest BCUT2D eigenvalue weighted by Gasteiger charge is -2.33. The van der Waals surface area contributed by atoms with E-state index in [1.807, 2.05) is 0 Å². The number of hydrogen-bond donors (Lipinski definition) is 3. The molecule has 2 aromatic rings. The number of aromatic carboxylic acids is 1. The molecule has 0 saturated heterocycles. The maximum absolute atomic E-state index is 12.7. The van der Waals surface area contributed by atoms with Crippen LogP contribution >= 0.6 is 11.3 Å². The third kappa shape index (κ3) is 4.67. The highest BCUT2D eigenvalue weighted by Gasteiger charge is 2.34. The van der Waals surface area contributed by atoms with Crippen LogP contribution in [-0.2, 0) is 17.6 Å². The summed E-state index contributed by atoms with van der Waals surface area (Å²) in [7, 11) is 0. The van der Waals surface area contributed by atoms with Gasteiger partial charge in [-0.15, -0.1) is 11.3 Å². The van der Waals surface area contributed by atoms with Crippen LogP contribution < -0.4 is 10.6 Å². The second-order valence-corrected chi connectivity index (χ2v) is 9.64. The molecule has 1 aromatic heterocycles. The van der Waals surface area contributed by atoms with Gasteiger partial charge in [0.1, 0.15) is 5.00 Å². The number of carboxylic acid groups (broad SMARTS) is 1. The molecule has 0 fully saturated rings. The third-order valence-corrected chi connectivity index (χ3v) is 6.57. The Morgan fingerprint density at radius 3 is 2.31 bits per heavy atom. The molecule has 1 aliphatic carbocycles. The van der Waals surface area contributed by atoms with Crippen molar-refractivity contribution in [3.05, 3.63) is 45.8 Å². The van der Waals surface area contributed by atoms with E-state index in [1.54, 1.807) is 24.3 Å². The standard InChI is InChI=1S/C22H26N2O4S/c1-12(25)23-15-8-5-13(6-9-15)19(26)24-20-18(21(27)28)16-10-7-14(22(2,3)4)11-17(16)29-20/h5-6,8-9,14H,7,10-11H2,1-4H3,(H,23,25)(H,24,26)(H,27,28). The molecule has 0 spiro atoms. The summed E-state index contributed by atoms with van der Waals surface area (Å²) < 4.78 is 0. The summed E-state index contributed by atoms with van der Waals surface area (Å²) in [5, 5.41) is 15.6. The minimum absolute atomic E-state index is 0.157. The molecule has 0 aliphatic heterocycles. The highest BCUT2D eigenvalue weighted by Crippen LogP contribution is 2.44. The molecule has 1 aliphatic rings. The molecule has 0 saturated carbocycles. The summed E-state index contributed by atoms with van der Waals surface area (Å²) in [5.41, 5.74) is 2.23. The molecule has 1 heterocycles. The van der Waals surface area contributed by atoms with E-state index < -0.39 is 5.97 Å². The first kappa shape index (κ1) is 21.0. The van der Waals surface area contributed by atoms with Gasteiger partial charge in [-0.3, -0.25) is 9.59 Å². The van der Waals surface area contributed by atoms with E-state index in [1.165, 1.54) is 18.3 Å². The monoisotopic (exact) mass is 414 g/mol. The van der Waals surface area contributed by atoms with Crippen LogP contribution in [0.4, 0.5) is 10.7 Å². The van der Waals surface area contributed by atoms with Gasteiger partial charge in [-0.1, -0.05) is 20.8 Å². The Balaban J connectivity index is 1.84. The first-order valence-electron chi connectivity index (χ1n) is 9.63. The molecule has 2 amide bonds. The SMILES string of the molecule is CC(=O)Nc1ccc(C(=O)Nc2sc3c(c2C(=O)O)CCC(C(C)(C)C)C3)cc1.